The van der Waals surface area contributed by atoms with Crippen molar-refractivity contribution in [1.29, 1.82) is 0 Å². The minimum atomic E-state index is -0.391. The maximum Gasteiger partial charge on any atom is 0.272 e. The minimum Gasteiger partial charge on any atom is -0.493 e. The van der Waals surface area contributed by atoms with Gasteiger partial charge < -0.3 is 23.5 Å². The van der Waals surface area contributed by atoms with Crippen LogP contribution in [0.1, 0.15) is 5.56 Å². The summed E-state index contributed by atoms with van der Waals surface area (Å²) in [6, 6.07) is 9.10. The van der Waals surface area contributed by atoms with Gasteiger partial charge in [-0.05, 0) is 42.0 Å². The van der Waals surface area contributed by atoms with E-state index in [9.17, 15) is 4.79 Å². The standard InChI is InChI=1S/C22H23ClN2O5S/c1-27-10-9-25-16-7-6-15(23)13-19(16)31-22(25)24-20(26)8-5-14-11-17(28-2)21(30-4)18(12-14)29-3/h5-8,11-13H,9-10H2,1-4H3/b8-5-,24-22?. The lowest BCUT2D eigenvalue weighted by Crippen LogP contribution is -2.18. The summed E-state index contributed by atoms with van der Waals surface area (Å²) in [7, 11) is 6.25. The van der Waals surface area contributed by atoms with Gasteiger partial charge in [0, 0.05) is 24.8 Å². The molecule has 0 fully saturated rings. The van der Waals surface area contributed by atoms with Crippen molar-refractivity contribution in [2.75, 3.05) is 35.0 Å². The van der Waals surface area contributed by atoms with Crippen LogP contribution in [0.2, 0.25) is 5.02 Å². The van der Waals surface area contributed by atoms with Crippen LogP contribution in [0.3, 0.4) is 0 Å². The van der Waals surface area contributed by atoms with Crippen LogP contribution in [0.5, 0.6) is 17.2 Å². The van der Waals surface area contributed by atoms with E-state index in [-0.39, 0.29) is 0 Å². The van der Waals surface area contributed by atoms with E-state index >= 15 is 0 Å². The van der Waals surface area contributed by atoms with Gasteiger partial charge in [-0.25, -0.2) is 0 Å². The average molecular weight is 463 g/mol. The maximum atomic E-state index is 12.6. The van der Waals surface area contributed by atoms with Crippen LogP contribution in [-0.4, -0.2) is 45.5 Å². The van der Waals surface area contributed by atoms with Crippen molar-refractivity contribution < 1.29 is 23.7 Å². The molecule has 0 bridgehead atoms. The molecular formula is C22H23ClN2O5S. The smallest absolute Gasteiger partial charge is 0.272 e. The number of ether oxygens (including phenoxy) is 4. The normalized spacial score (nSPS) is 12.0. The number of fused-ring (bicyclic) bond motifs is 1. The molecule has 7 nitrogen and oxygen atoms in total. The van der Waals surface area contributed by atoms with Gasteiger partial charge in [0.05, 0.1) is 38.2 Å². The van der Waals surface area contributed by atoms with Crippen LogP contribution < -0.4 is 19.0 Å². The molecule has 3 aromatic rings. The molecule has 1 aromatic heterocycles. The zero-order chi connectivity index (χ0) is 22.4. The molecule has 0 aliphatic rings. The van der Waals surface area contributed by atoms with Crippen LogP contribution in [-0.2, 0) is 16.1 Å². The number of carbonyl (C=O) groups excluding carboxylic acids is 1. The highest BCUT2D eigenvalue weighted by molar-refractivity contribution is 7.16. The summed E-state index contributed by atoms with van der Waals surface area (Å²) in [5, 5.41) is 0.632. The lowest BCUT2D eigenvalue weighted by molar-refractivity contribution is -0.113. The predicted octanol–water partition coefficient (Wildman–Crippen LogP) is 4.17. The summed E-state index contributed by atoms with van der Waals surface area (Å²) in [4.78, 5) is 17.4. The van der Waals surface area contributed by atoms with Gasteiger partial charge in [0.1, 0.15) is 0 Å². The van der Waals surface area contributed by atoms with Crippen LogP contribution in [0.4, 0.5) is 0 Å². The van der Waals surface area contributed by atoms with Crippen LogP contribution in [0, 0.1) is 0 Å². The van der Waals surface area contributed by atoms with E-state index < -0.39 is 5.91 Å². The quantitative estimate of drug-likeness (QED) is 0.470. The number of benzene rings is 2. The molecule has 3 rings (SSSR count). The highest BCUT2D eigenvalue weighted by atomic mass is 35.5. The zero-order valence-corrected chi connectivity index (χ0v) is 19.2. The summed E-state index contributed by atoms with van der Waals surface area (Å²) in [6.45, 7) is 1.07. The molecule has 0 aliphatic carbocycles. The molecule has 9 heteroatoms. The molecule has 0 unspecified atom stereocenters. The number of hydrogen-bond acceptors (Lipinski definition) is 6. The average Bonchev–Trinajstić information content (AvgIpc) is 3.10. The molecule has 2 aromatic carbocycles. The Morgan fingerprint density at radius 1 is 1.10 bits per heavy atom. The van der Waals surface area contributed by atoms with Crippen molar-refractivity contribution in [3.8, 4) is 17.2 Å². The van der Waals surface area contributed by atoms with E-state index in [1.54, 1.807) is 25.3 Å². The maximum absolute atomic E-state index is 12.6. The van der Waals surface area contributed by atoms with E-state index in [1.807, 2.05) is 22.8 Å². The van der Waals surface area contributed by atoms with Crippen molar-refractivity contribution in [3.63, 3.8) is 0 Å². The molecular weight excluding hydrogens is 440 g/mol. The number of methoxy groups -OCH3 is 4. The first-order valence-corrected chi connectivity index (χ1v) is 10.5. The number of carbonyl (C=O) groups is 1. The molecule has 0 saturated carbocycles. The molecule has 0 aliphatic heterocycles. The van der Waals surface area contributed by atoms with E-state index in [1.165, 1.54) is 38.7 Å². The lowest BCUT2D eigenvalue weighted by atomic mass is 10.1. The second kappa shape index (κ2) is 10.5. The number of amides is 1. The Morgan fingerprint density at radius 3 is 2.42 bits per heavy atom. The van der Waals surface area contributed by atoms with Crippen molar-refractivity contribution in [2.45, 2.75) is 6.54 Å². The van der Waals surface area contributed by atoms with Gasteiger partial charge in [-0.1, -0.05) is 22.9 Å². The Labute approximate surface area is 189 Å². The molecule has 0 radical (unpaired) electrons. The Bertz CT molecular complexity index is 1160. The van der Waals surface area contributed by atoms with Crippen molar-refractivity contribution in [1.82, 2.24) is 4.57 Å². The molecule has 0 spiro atoms. The first kappa shape index (κ1) is 22.9. The van der Waals surface area contributed by atoms with Crippen LogP contribution in [0.15, 0.2) is 41.4 Å². The fourth-order valence-corrected chi connectivity index (χ4v) is 4.37. The first-order valence-electron chi connectivity index (χ1n) is 9.35. The van der Waals surface area contributed by atoms with E-state index in [0.717, 1.165) is 10.2 Å². The molecule has 0 saturated heterocycles. The number of thiazole rings is 1. The molecule has 164 valence electrons. The van der Waals surface area contributed by atoms with Gasteiger partial charge in [-0.3, -0.25) is 4.79 Å². The summed E-state index contributed by atoms with van der Waals surface area (Å²) < 4.78 is 24.1. The number of aromatic nitrogens is 1. The molecule has 0 N–H and O–H groups in total. The lowest BCUT2D eigenvalue weighted by Gasteiger charge is -2.12. The Kier molecular flexibility index (Phi) is 7.73. The van der Waals surface area contributed by atoms with Gasteiger partial charge in [-0.15, -0.1) is 0 Å². The topological polar surface area (TPSA) is 71.3 Å². The fourth-order valence-electron chi connectivity index (χ4n) is 3.03. The van der Waals surface area contributed by atoms with Crippen molar-refractivity contribution in [2.24, 2.45) is 4.99 Å². The number of hydrogen-bond donors (Lipinski definition) is 0. The number of halogens is 1. The number of rotatable bonds is 8. The zero-order valence-electron chi connectivity index (χ0n) is 17.7. The highest BCUT2D eigenvalue weighted by Gasteiger charge is 2.12. The second-order valence-electron chi connectivity index (χ2n) is 6.38. The third-order valence-corrected chi connectivity index (χ3v) is 5.75. The van der Waals surface area contributed by atoms with Gasteiger partial charge >= 0.3 is 0 Å². The SMILES string of the molecule is COCCn1c(=NC(=O)/C=C\c2cc(OC)c(OC)c(OC)c2)sc2cc(Cl)ccc21. The Hall–Kier alpha value is -2.81. The molecule has 31 heavy (non-hydrogen) atoms. The predicted molar refractivity (Wildman–Crippen MR) is 122 cm³/mol. The largest absolute Gasteiger partial charge is 0.493 e. The van der Waals surface area contributed by atoms with Gasteiger partial charge in [0.15, 0.2) is 16.3 Å². The minimum absolute atomic E-state index is 0.391. The molecule has 1 heterocycles. The van der Waals surface area contributed by atoms with E-state index in [0.29, 0.717) is 45.8 Å². The summed E-state index contributed by atoms with van der Waals surface area (Å²) in [6.07, 6.45) is 3.05. The Morgan fingerprint density at radius 2 is 1.81 bits per heavy atom. The van der Waals surface area contributed by atoms with Crippen molar-refractivity contribution >= 4 is 45.1 Å². The highest BCUT2D eigenvalue weighted by Crippen LogP contribution is 2.38. The van der Waals surface area contributed by atoms with Gasteiger partial charge in [0.2, 0.25) is 5.75 Å². The molecule has 1 amide bonds. The summed E-state index contributed by atoms with van der Waals surface area (Å²) >= 11 is 7.51. The second-order valence-corrected chi connectivity index (χ2v) is 7.83. The summed E-state index contributed by atoms with van der Waals surface area (Å²) in [5.41, 5.74) is 1.67. The third-order valence-electron chi connectivity index (χ3n) is 4.48. The number of nitrogens with zero attached hydrogens (tertiary/aromatic N) is 2. The fraction of sp³-hybridized carbons (Fsp3) is 0.273. The summed E-state index contributed by atoms with van der Waals surface area (Å²) in [5.74, 6) is 1.10. The van der Waals surface area contributed by atoms with Crippen LogP contribution >= 0.6 is 22.9 Å². The van der Waals surface area contributed by atoms with E-state index in [4.69, 9.17) is 30.5 Å². The Balaban J connectivity index is 1.95. The van der Waals surface area contributed by atoms with Crippen LogP contribution in [0.25, 0.3) is 16.3 Å². The third kappa shape index (κ3) is 5.28. The first-order chi connectivity index (χ1) is 15.0. The van der Waals surface area contributed by atoms with Gasteiger partial charge in [-0.2, -0.15) is 4.99 Å². The van der Waals surface area contributed by atoms with Crippen molar-refractivity contribution in [3.05, 3.63) is 51.8 Å². The monoisotopic (exact) mass is 462 g/mol. The van der Waals surface area contributed by atoms with E-state index in [2.05, 4.69) is 4.99 Å². The molecule has 0 atom stereocenters. The van der Waals surface area contributed by atoms with Gasteiger partial charge in [0.25, 0.3) is 5.91 Å².